The smallest absolute Gasteiger partial charge is 0.159 e. The van der Waals surface area contributed by atoms with Gasteiger partial charge in [-0.15, -0.1) is 0 Å². The third kappa shape index (κ3) is 3.64. The number of hydrogen-bond acceptors (Lipinski definition) is 6. The normalized spacial score (nSPS) is 16.7. The number of hydrogen-bond donors (Lipinski definition) is 3. The first-order valence-corrected chi connectivity index (χ1v) is 10.1. The predicted molar refractivity (Wildman–Crippen MR) is 116 cm³/mol. The number of aryl methyl sites for hydroxylation is 1. The molecule has 0 atom stereocenters. The van der Waals surface area contributed by atoms with Gasteiger partial charge in [-0.25, -0.2) is 9.97 Å². The molecule has 2 aliphatic rings. The molecular weight excluding hydrogens is 360 g/mol. The van der Waals surface area contributed by atoms with Crippen molar-refractivity contribution in [2.75, 3.05) is 26.2 Å². The summed E-state index contributed by atoms with van der Waals surface area (Å²) in [5, 5.41) is 10.2. The summed E-state index contributed by atoms with van der Waals surface area (Å²) >= 11 is 0. The molecule has 1 aromatic heterocycles. The Kier molecular flexibility index (Phi) is 4.79. The van der Waals surface area contributed by atoms with E-state index in [0.717, 1.165) is 65.8 Å². The summed E-state index contributed by atoms with van der Waals surface area (Å²) in [6.45, 7) is 5.81. The highest BCUT2D eigenvalue weighted by atomic mass is 15.2. The largest absolute Gasteiger partial charge is 0.368 e. The van der Waals surface area contributed by atoms with E-state index in [1.54, 1.807) is 0 Å². The summed E-state index contributed by atoms with van der Waals surface area (Å²) in [5.41, 5.74) is 6.49. The Morgan fingerprint density at radius 1 is 0.828 bits per heavy atom. The lowest BCUT2D eigenvalue weighted by Gasteiger charge is -2.12. The van der Waals surface area contributed by atoms with E-state index in [-0.39, 0.29) is 6.17 Å². The number of nitrogens with zero attached hydrogens (tertiary/aromatic N) is 3. The van der Waals surface area contributed by atoms with Crippen molar-refractivity contribution >= 4 is 5.84 Å². The second-order valence-electron chi connectivity index (χ2n) is 7.42. The fourth-order valence-electron chi connectivity index (χ4n) is 3.82. The lowest BCUT2D eigenvalue weighted by Crippen LogP contribution is -2.20. The van der Waals surface area contributed by atoms with Gasteiger partial charge in [-0.3, -0.25) is 15.6 Å². The topological polar surface area (TPSA) is 74.2 Å². The molecule has 6 heteroatoms. The predicted octanol–water partition coefficient (Wildman–Crippen LogP) is 2.66. The average molecular weight is 384 g/mol. The molecule has 3 heterocycles. The number of benzene rings is 2. The molecule has 0 aliphatic carbocycles. The molecule has 6 nitrogen and oxygen atoms in total. The van der Waals surface area contributed by atoms with Crippen molar-refractivity contribution < 1.29 is 0 Å². The highest BCUT2D eigenvalue weighted by molar-refractivity contribution is 6.00. The van der Waals surface area contributed by atoms with E-state index >= 15 is 0 Å². The quantitative estimate of drug-likeness (QED) is 0.645. The third-order valence-corrected chi connectivity index (χ3v) is 5.40. The molecular formula is C23H24N6. The standard InChI is InChI=1S/C23H24N6/c1-15-14-28-23(19-8-6-18(7-9-19)22-26-12-13-27-22)29-20(15)16-2-4-17(5-3-16)21-24-10-11-25-21/h2-9,14,22,26-27H,10-13H2,1H3,(H,24,25). The van der Waals surface area contributed by atoms with E-state index in [4.69, 9.17) is 4.98 Å². The zero-order chi connectivity index (χ0) is 19.6. The number of rotatable bonds is 4. The van der Waals surface area contributed by atoms with E-state index < -0.39 is 0 Å². The van der Waals surface area contributed by atoms with Crippen LogP contribution in [0.4, 0.5) is 0 Å². The zero-order valence-corrected chi connectivity index (χ0v) is 16.4. The van der Waals surface area contributed by atoms with Crippen LogP contribution in [0.3, 0.4) is 0 Å². The van der Waals surface area contributed by atoms with Gasteiger partial charge in [-0.1, -0.05) is 48.5 Å². The number of aliphatic imine (C=N–C) groups is 1. The molecule has 0 spiro atoms. The monoisotopic (exact) mass is 384 g/mol. The van der Waals surface area contributed by atoms with Gasteiger partial charge in [0, 0.05) is 42.5 Å². The van der Waals surface area contributed by atoms with Gasteiger partial charge in [0.1, 0.15) is 5.84 Å². The van der Waals surface area contributed by atoms with Gasteiger partial charge in [0.25, 0.3) is 0 Å². The van der Waals surface area contributed by atoms with Gasteiger partial charge in [0.15, 0.2) is 5.82 Å². The Morgan fingerprint density at radius 3 is 2.21 bits per heavy atom. The van der Waals surface area contributed by atoms with Crippen molar-refractivity contribution in [2.24, 2.45) is 4.99 Å². The summed E-state index contributed by atoms with van der Waals surface area (Å²) in [5.74, 6) is 1.72. The molecule has 3 aromatic rings. The maximum absolute atomic E-state index is 4.88. The molecule has 0 radical (unpaired) electrons. The second kappa shape index (κ2) is 7.73. The summed E-state index contributed by atoms with van der Waals surface area (Å²) in [7, 11) is 0. The van der Waals surface area contributed by atoms with Gasteiger partial charge in [0.05, 0.1) is 18.4 Å². The van der Waals surface area contributed by atoms with Crippen LogP contribution in [0.5, 0.6) is 0 Å². The molecule has 0 unspecified atom stereocenters. The SMILES string of the molecule is Cc1cnc(-c2ccc(C3NCCN3)cc2)nc1-c1ccc(C2=NCCN2)cc1. The fourth-order valence-corrected chi connectivity index (χ4v) is 3.82. The van der Waals surface area contributed by atoms with E-state index in [2.05, 4.69) is 81.4 Å². The van der Waals surface area contributed by atoms with E-state index in [1.807, 2.05) is 6.20 Å². The summed E-state index contributed by atoms with van der Waals surface area (Å²) in [6, 6.07) is 16.9. The van der Waals surface area contributed by atoms with Crippen LogP contribution in [0.1, 0.15) is 22.9 Å². The maximum Gasteiger partial charge on any atom is 0.159 e. The minimum atomic E-state index is 0.232. The Hall–Kier alpha value is -3.09. The van der Waals surface area contributed by atoms with Crippen molar-refractivity contribution in [3.05, 3.63) is 71.4 Å². The molecule has 5 rings (SSSR count). The molecule has 0 amide bonds. The summed E-state index contributed by atoms with van der Waals surface area (Å²) in [4.78, 5) is 13.9. The van der Waals surface area contributed by atoms with Gasteiger partial charge >= 0.3 is 0 Å². The van der Waals surface area contributed by atoms with Gasteiger partial charge < -0.3 is 5.32 Å². The molecule has 1 saturated heterocycles. The first-order chi connectivity index (χ1) is 14.3. The Balaban J connectivity index is 1.42. The number of aromatic nitrogens is 2. The first kappa shape index (κ1) is 18.0. The van der Waals surface area contributed by atoms with Crippen LogP contribution in [0.15, 0.2) is 59.7 Å². The summed E-state index contributed by atoms with van der Waals surface area (Å²) < 4.78 is 0. The van der Waals surface area contributed by atoms with Crippen LogP contribution in [0.25, 0.3) is 22.6 Å². The minimum absolute atomic E-state index is 0.232. The van der Waals surface area contributed by atoms with E-state index in [1.165, 1.54) is 5.56 Å². The highest BCUT2D eigenvalue weighted by Crippen LogP contribution is 2.25. The van der Waals surface area contributed by atoms with Gasteiger partial charge in [0.2, 0.25) is 0 Å². The third-order valence-electron chi connectivity index (χ3n) is 5.40. The Labute approximate surface area is 170 Å². The lowest BCUT2D eigenvalue weighted by molar-refractivity contribution is 0.588. The number of amidine groups is 1. The Bertz CT molecular complexity index is 1030. The van der Waals surface area contributed by atoms with E-state index in [0.29, 0.717) is 0 Å². The minimum Gasteiger partial charge on any atom is -0.368 e. The van der Waals surface area contributed by atoms with Crippen LogP contribution < -0.4 is 16.0 Å². The Morgan fingerprint density at radius 2 is 1.52 bits per heavy atom. The van der Waals surface area contributed by atoms with Crippen LogP contribution in [-0.4, -0.2) is 42.0 Å². The van der Waals surface area contributed by atoms with Gasteiger partial charge in [-0.05, 0) is 18.1 Å². The molecule has 2 aromatic carbocycles. The molecule has 29 heavy (non-hydrogen) atoms. The van der Waals surface area contributed by atoms with E-state index in [9.17, 15) is 0 Å². The lowest BCUT2D eigenvalue weighted by atomic mass is 10.0. The highest BCUT2D eigenvalue weighted by Gasteiger charge is 2.15. The molecule has 0 saturated carbocycles. The molecule has 0 bridgehead atoms. The van der Waals surface area contributed by atoms with Crippen molar-refractivity contribution in [1.29, 1.82) is 0 Å². The van der Waals surface area contributed by atoms with Crippen molar-refractivity contribution in [1.82, 2.24) is 25.9 Å². The molecule has 3 N–H and O–H groups in total. The van der Waals surface area contributed by atoms with Crippen molar-refractivity contribution in [3.8, 4) is 22.6 Å². The number of nitrogens with one attached hydrogen (secondary N) is 3. The van der Waals surface area contributed by atoms with Crippen LogP contribution in [-0.2, 0) is 0 Å². The van der Waals surface area contributed by atoms with Crippen LogP contribution >= 0.6 is 0 Å². The first-order valence-electron chi connectivity index (χ1n) is 10.1. The van der Waals surface area contributed by atoms with Crippen molar-refractivity contribution in [3.63, 3.8) is 0 Å². The van der Waals surface area contributed by atoms with Gasteiger partial charge in [-0.2, -0.15) is 0 Å². The molecule has 2 aliphatic heterocycles. The zero-order valence-electron chi connectivity index (χ0n) is 16.4. The van der Waals surface area contributed by atoms with Crippen molar-refractivity contribution in [2.45, 2.75) is 13.1 Å². The van der Waals surface area contributed by atoms with Crippen LogP contribution in [0.2, 0.25) is 0 Å². The van der Waals surface area contributed by atoms with Crippen LogP contribution in [0, 0.1) is 6.92 Å². The fraction of sp³-hybridized carbons (Fsp3) is 0.261. The molecule has 1 fully saturated rings. The second-order valence-corrected chi connectivity index (χ2v) is 7.42. The average Bonchev–Trinajstić information content (AvgIpc) is 3.49. The molecule has 146 valence electrons. The summed E-state index contributed by atoms with van der Waals surface area (Å²) in [6.07, 6.45) is 2.14. The maximum atomic E-state index is 4.88.